The predicted octanol–water partition coefficient (Wildman–Crippen LogP) is 2.68. The third kappa shape index (κ3) is 2.72. The smallest absolute Gasteiger partial charge is 0.338 e. The zero-order chi connectivity index (χ0) is 12.3. The lowest BCUT2D eigenvalue weighted by molar-refractivity contribution is 0.0690. The Hall–Kier alpha value is -1.10. The first-order chi connectivity index (χ1) is 7.47. The number of hydrogen-bond acceptors (Lipinski definition) is 4. The summed E-state index contributed by atoms with van der Waals surface area (Å²) < 4.78 is 0. The van der Waals surface area contributed by atoms with Crippen molar-refractivity contribution in [2.45, 2.75) is 44.4 Å². The average molecular weight is 240 g/mol. The molecular formula is C11H16N2O2S. The molecule has 0 amide bonds. The summed E-state index contributed by atoms with van der Waals surface area (Å²) >= 11 is 1.47. The Kier molecular flexibility index (Phi) is 4.29. The molecule has 5 heteroatoms. The fourth-order valence-corrected chi connectivity index (χ4v) is 2.19. The van der Waals surface area contributed by atoms with Gasteiger partial charge in [0.25, 0.3) is 0 Å². The van der Waals surface area contributed by atoms with Crippen molar-refractivity contribution in [2.75, 3.05) is 0 Å². The van der Waals surface area contributed by atoms with E-state index in [0.29, 0.717) is 21.5 Å². The molecule has 0 radical (unpaired) electrons. The minimum absolute atomic E-state index is 0.290. The molecule has 0 aliphatic heterocycles. The number of rotatable bonds is 4. The van der Waals surface area contributed by atoms with Crippen molar-refractivity contribution >= 4 is 17.7 Å². The van der Waals surface area contributed by atoms with E-state index < -0.39 is 5.97 Å². The molecule has 0 bridgehead atoms. The van der Waals surface area contributed by atoms with Crippen molar-refractivity contribution in [2.24, 2.45) is 0 Å². The standard InChI is InChI=1S/C11H16N2O2S/c1-5-6(2)16-10-9(11(14)15)7(3)8(4)12-13-10/h6H,5H2,1-4H3,(H,14,15). The maximum atomic E-state index is 11.2. The number of carboxylic acids is 1. The van der Waals surface area contributed by atoms with Gasteiger partial charge in [0.15, 0.2) is 0 Å². The maximum absolute atomic E-state index is 11.2. The van der Waals surface area contributed by atoms with Gasteiger partial charge in [0.05, 0.1) is 11.3 Å². The molecule has 1 N–H and O–H groups in total. The highest BCUT2D eigenvalue weighted by Gasteiger charge is 2.19. The second-order valence-electron chi connectivity index (χ2n) is 3.73. The first-order valence-electron chi connectivity index (χ1n) is 5.21. The number of carbonyl (C=O) groups is 1. The van der Waals surface area contributed by atoms with Crippen LogP contribution in [-0.4, -0.2) is 26.5 Å². The van der Waals surface area contributed by atoms with E-state index in [1.54, 1.807) is 13.8 Å². The van der Waals surface area contributed by atoms with Gasteiger partial charge in [-0.2, -0.15) is 5.10 Å². The van der Waals surface area contributed by atoms with E-state index in [0.717, 1.165) is 6.42 Å². The average Bonchev–Trinajstić information content (AvgIpc) is 2.23. The van der Waals surface area contributed by atoms with E-state index >= 15 is 0 Å². The van der Waals surface area contributed by atoms with Crippen LogP contribution in [0.2, 0.25) is 0 Å². The van der Waals surface area contributed by atoms with E-state index in [-0.39, 0.29) is 5.56 Å². The molecule has 1 rings (SSSR count). The van der Waals surface area contributed by atoms with Crippen LogP contribution in [0, 0.1) is 13.8 Å². The SMILES string of the molecule is CCC(C)Sc1nnc(C)c(C)c1C(=O)O. The van der Waals surface area contributed by atoms with Gasteiger partial charge in [-0.15, -0.1) is 16.9 Å². The molecular weight excluding hydrogens is 224 g/mol. The number of aromatic carboxylic acids is 1. The fraction of sp³-hybridized carbons (Fsp3) is 0.545. The highest BCUT2D eigenvalue weighted by Crippen LogP contribution is 2.28. The van der Waals surface area contributed by atoms with Crippen LogP contribution in [-0.2, 0) is 0 Å². The van der Waals surface area contributed by atoms with Gasteiger partial charge < -0.3 is 5.11 Å². The molecule has 0 saturated carbocycles. The zero-order valence-electron chi connectivity index (χ0n) is 9.94. The van der Waals surface area contributed by atoms with E-state index in [1.807, 2.05) is 6.92 Å². The number of aromatic nitrogens is 2. The molecule has 0 aliphatic carbocycles. The van der Waals surface area contributed by atoms with Gasteiger partial charge in [0.2, 0.25) is 0 Å². The molecule has 4 nitrogen and oxygen atoms in total. The summed E-state index contributed by atoms with van der Waals surface area (Å²) in [6.45, 7) is 7.65. The summed E-state index contributed by atoms with van der Waals surface area (Å²) in [5.74, 6) is -0.929. The van der Waals surface area contributed by atoms with Crippen molar-refractivity contribution < 1.29 is 9.90 Å². The molecule has 0 spiro atoms. The molecule has 16 heavy (non-hydrogen) atoms. The Bertz CT molecular complexity index is 407. The lowest BCUT2D eigenvalue weighted by Crippen LogP contribution is -2.09. The van der Waals surface area contributed by atoms with E-state index in [1.165, 1.54) is 11.8 Å². The summed E-state index contributed by atoms with van der Waals surface area (Å²) in [7, 11) is 0. The minimum Gasteiger partial charge on any atom is -0.478 e. The number of thioether (sulfide) groups is 1. The van der Waals surface area contributed by atoms with Crippen molar-refractivity contribution in [1.82, 2.24) is 10.2 Å². The van der Waals surface area contributed by atoms with Crippen LogP contribution in [0.3, 0.4) is 0 Å². The third-order valence-corrected chi connectivity index (χ3v) is 3.77. The summed E-state index contributed by atoms with van der Waals surface area (Å²) in [5.41, 5.74) is 1.66. The molecule has 1 aromatic heterocycles. The monoisotopic (exact) mass is 240 g/mol. The molecule has 1 unspecified atom stereocenters. The second kappa shape index (κ2) is 5.30. The van der Waals surface area contributed by atoms with Crippen LogP contribution < -0.4 is 0 Å². The quantitative estimate of drug-likeness (QED) is 0.820. The fourth-order valence-electron chi connectivity index (χ4n) is 1.19. The van der Waals surface area contributed by atoms with Crippen LogP contribution in [0.15, 0.2) is 5.03 Å². The molecule has 0 saturated heterocycles. The molecule has 1 aromatic rings. The van der Waals surface area contributed by atoms with Gasteiger partial charge in [-0.05, 0) is 25.8 Å². The van der Waals surface area contributed by atoms with Gasteiger partial charge >= 0.3 is 5.97 Å². The summed E-state index contributed by atoms with van der Waals surface area (Å²) in [5, 5.41) is 18.0. The maximum Gasteiger partial charge on any atom is 0.338 e. The first-order valence-corrected chi connectivity index (χ1v) is 6.09. The van der Waals surface area contributed by atoms with Gasteiger partial charge in [0.1, 0.15) is 5.03 Å². The van der Waals surface area contributed by atoms with Crippen molar-refractivity contribution in [3.8, 4) is 0 Å². The van der Waals surface area contributed by atoms with Gasteiger partial charge in [-0.3, -0.25) is 0 Å². The molecule has 88 valence electrons. The van der Waals surface area contributed by atoms with Gasteiger partial charge in [-0.25, -0.2) is 4.79 Å². The molecule has 1 atom stereocenters. The Morgan fingerprint density at radius 2 is 2.06 bits per heavy atom. The van der Waals surface area contributed by atoms with Crippen molar-refractivity contribution in [1.29, 1.82) is 0 Å². The minimum atomic E-state index is -0.929. The highest BCUT2D eigenvalue weighted by atomic mass is 32.2. The third-order valence-electron chi connectivity index (χ3n) is 2.52. The Morgan fingerprint density at radius 1 is 1.44 bits per heavy atom. The largest absolute Gasteiger partial charge is 0.478 e. The highest BCUT2D eigenvalue weighted by molar-refractivity contribution is 7.99. The van der Waals surface area contributed by atoms with Crippen LogP contribution in [0.4, 0.5) is 0 Å². The number of aryl methyl sites for hydroxylation is 1. The molecule has 0 fully saturated rings. The van der Waals surface area contributed by atoms with E-state index in [4.69, 9.17) is 0 Å². The predicted molar refractivity (Wildman–Crippen MR) is 64.1 cm³/mol. The second-order valence-corrected chi connectivity index (χ2v) is 5.16. The van der Waals surface area contributed by atoms with Gasteiger partial charge in [-0.1, -0.05) is 13.8 Å². The van der Waals surface area contributed by atoms with Crippen molar-refractivity contribution in [3.63, 3.8) is 0 Å². The summed E-state index contributed by atoms with van der Waals surface area (Å²) in [6.07, 6.45) is 0.971. The summed E-state index contributed by atoms with van der Waals surface area (Å²) in [4.78, 5) is 11.2. The van der Waals surface area contributed by atoms with Crippen LogP contribution in [0.5, 0.6) is 0 Å². The molecule has 0 aromatic carbocycles. The lowest BCUT2D eigenvalue weighted by atomic mass is 10.1. The normalized spacial score (nSPS) is 12.5. The Morgan fingerprint density at radius 3 is 2.56 bits per heavy atom. The summed E-state index contributed by atoms with van der Waals surface area (Å²) in [6, 6.07) is 0. The molecule has 1 heterocycles. The van der Waals surface area contributed by atoms with E-state index in [9.17, 15) is 9.90 Å². The first kappa shape index (κ1) is 13.0. The number of hydrogen-bond donors (Lipinski definition) is 1. The molecule has 0 aliphatic rings. The Labute approximate surface area is 99.5 Å². The Balaban J connectivity index is 3.18. The lowest BCUT2D eigenvalue weighted by Gasteiger charge is -2.11. The van der Waals surface area contributed by atoms with Crippen molar-refractivity contribution in [3.05, 3.63) is 16.8 Å². The number of nitrogens with zero attached hydrogens (tertiary/aromatic N) is 2. The van der Waals surface area contributed by atoms with Crippen LogP contribution >= 0.6 is 11.8 Å². The topological polar surface area (TPSA) is 63.1 Å². The van der Waals surface area contributed by atoms with Crippen LogP contribution in [0.1, 0.15) is 41.9 Å². The van der Waals surface area contributed by atoms with Crippen LogP contribution in [0.25, 0.3) is 0 Å². The van der Waals surface area contributed by atoms with E-state index in [2.05, 4.69) is 17.1 Å². The number of carboxylic acid groups (broad SMARTS) is 1. The zero-order valence-corrected chi connectivity index (χ0v) is 10.8. The van der Waals surface area contributed by atoms with Gasteiger partial charge in [0, 0.05) is 5.25 Å².